The molecule has 0 aliphatic carbocycles. The summed E-state index contributed by atoms with van der Waals surface area (Å²) >= 11 is 19.4. The van der Waals surface area contributed by atoms with E-state index < -0.39 is 15.4 Å². The summed E-state index contributed by atoms with van der Waals surface area (Å²) in [5.41, 5.74) is 2.50. The van der Waals surface area contributed by atoms with Crippen molar-refractivity contribution in [2.24, 2.45) is 0 Å². The molecule has 0 atom stereocenters. The molecule has 0 unspecified atom stereocenters. The van der Waals surface area contributed by atoms with Crippen molar-refractivity contribution < 1.29 is 13.5 Å². The number of aliphatic hydroxyl groups is 1. The van der Waals surface area contributed by atoms with E-state index in [0.29, 0.717) is 43.3 Å². The lowest BCUT2D eigenvalue weighted by Crippen LogP contribution is -2.16. The number of hydrogen-bond acceptors (Lipinski definition) is 4. The molecule has 1 aromatic heterocycles. The van der Waals surface area contributed by atoms with Crippen LogP contribution in [0.15, 0.2) is 71.6 Å². The molecule has 3 aromatic carbocycles. The largest absolute Gasteiger partial charge is 0.384 e. The van der Waals surface area contributed by atoms with Gasteiger partial charge in [-0.15, -0.1) is 0 Å². The molecule has 34 heavy (non-hydrogen) atoms. The van der Waals surface area contributed by atoms with Crippen molar-refractivity contribution in [2.75, 3.05) is 6.26 Å². The van der Waals surface area contributed by atoms with Crippen LogP contribution in [0.5, 0.6) is 0 Å². The van der Waals surface area contributed by atoms with Crippen molar-refractivity contribution in [3.8, 4) is 28.1 Å². The Morgan fingerprint density at radius 2 is 1.56 bits per heavy atom. The first-order valence-electron chi connectivity index (χ1n) is 10.2. The van der Waals surface area contributed by atoms with Crippen LogP contribution in [-0.4, -0.2) is 29.6 Å². The van der Waals surface area contributed by atoms with E-state index in [1.165, 1.54) is 6.26 Å². The maximum absolute atomic E-state index is 12.0. The van der Waals surface area contributed by atoms with Crippen LogP contribution in [-0.2, 0) is 15.4 Å². The topological polar surface area (TPSA) is 72.2 Å². The van der Waals surface area contributed by atoms with Crippen LogP contribution in [0.3, 0.4) is 0 Å². The van der Waals surface area contributed by atoms with E-state index in [2.05, 4.69) is 5.10 Å². The fourth-order valence-electron chi connectivity index (χ4n) is 3.52. The van der Waals surface area contributed by atoms with Gasteiger partial charge in [-0.3, -0.25) is 0 Å². The molecule has 1 N–H and O–H groups in total. The highest BCUT2D eigenvalue weighted by Crippen LogP contribution is 2.38. The second-order valence-corrected chi connectivity index (χ2v) is 11.7. The fraction of sp³-hybridized carbons (Fsp3) is 0.160. The Morgan fingerprint density at radius 3 is 2.21 bits per heavy atom. The lowest BCUT2D eigenvalue weighted by Gasteiger charge is -2.14. The van der Waals surface area contributed by atoms with Crippen LogP contribution >= 0.6 is 34.8 Å². The number of nitrogens with zero attached hydrogens (tertiary/aromatic N) is 2. The zero-order chi connectivity index (χ0) is 24.8. The van der Waals surface area contributed by atoms with Gasteiger partial charge in [0.2, 0.25) is 0 Å². The van der Waals surface area contributed by atoms with Gasteiger partial charge in [-0.05, 0) is 61.4 Å². The highest BCUT2D eigenvalue weighted by molar-refractivity contribution is 7.90. The number of rotatable bonds is 5. The van der Waals surface area contributed by atoms with Crippen LogP contribution in [0.2, 0.25) is 15.1 Å². The number of halogens is 3. The Kier molecular flexibility index (Phi) is 6.57. The van der Waals surface area contributed by atoms with Gasteiger partial charge < -0.3 is 5.11 Å². The van der Waals surface area contributed by atoms with Crippen LogP contribution in [0, 0.1) is 0 Å². The molecule has 0 amide bonds. The summed E-state index contributed by atoms with van der Waals surface area (Å²) in [5, 5.41) is 16.3. The van der Waals surface area contributed by atoms with E-state index in [-0.39, 0.29) is 4.90 Å². The second kappa shape index (κ2) is 9.02. The minimum Gasteiger partial charge on any atom is -0.384 e. The summed E-state index contributed by atoms with van der Waals surface area (Å²) in [7, 11) is -3.34. The van der Waals surface area contributed by atoms with Gasteiger partial charge >= 0.3 is 0 Å². The van der Waals surface area contributed by atoms with Crippen LogP contribution < -0.4 is 0 Å². The van der Waals surface area contributed by atoms with Crippen molar-refractivity contribution in [1.82, 2.24) is 9.78 Å². The van der Waals surface area contributed by atoms with Crippen LogP contribution in [0.1, 0.15) is 19.5 Å². The predicted octanol–water partition coefficient (Wildman–Crippen LogP) is 6.80. The van der Waals surface area contributed by atoms with E-state index in [9.17, 15) is 13.5 Å². The molecule has 0 spiro atoms. The summed E-state index contributed by atoms with van der Waals surface area (Å²) in [6.07, 6.45) is 1.17. The molecule has 0 saturated heterocycles. The van der Waals surface area contributed by atoms with Gasteiger partial charge in [0.25, 0.3) is 0 Å². The van der Waals surface area contributed by atoms with E-state index in [1.807, 2.05) is 18.2 Å². The van der Waals surface area contributed by atoms with E-state index >= 15 is 0 Å². The normalized spacial score (nSPS) is 12.2. The fourth-order valence-corrected chi connectivity index (χ4v) is 4.85. The number of hydrogen-bond donors (Lipinski definition) is 1. The molecule has 1 heterocycles. The van der Waals surface area contributed by atoms with Crippen molar-refractivity contribution in [1.29, 1.82) is 0 Å². The van der Waals surface area contributed by atoms with Crippen molar-refractivity contribution in [2.45, 2.75) is 24.3 Å². The van der Waals surface area contributed by atoms with Gasteiger partial charge in [0.05, 0.1) is 37.0 Å². The minimum absolute atomic E-state index is 0.227. The van der Waals surface area contributed by atoms with E-state index in [1.54, 1.807) is 67.1 Å². The maximum atomic E-state index is 12.0. The zero-order valence-electron chi connectivity index (χ0n) is 18.6. The van der Waals surface area contributed by atoms with E-state index in [0.717, 1.165) is 5.56 Å². The molecule has 0 bridgehead atoms. The molecule has 4 rings (SSSR count). The first-order chi connectivity index (χ1) is 15.9. The first kappa shape index (κ1) is 24.8. The summed E-state index contributed by atoms with van der Waals surface area (Å²) in [6, 6.07) is 19.1. The van der Waals surface area contributed by atoms with Gasteiger partial charge in [-0.2, -0.15) is 5.10 Å². The number of aromatic nitrogens is 2. The average molecular weight is 536 g/mol. The van der Waals surface area contributed by atoms with Crippen molar-refractivity contribution in [3.63, 3.8) is 0 Å². The second-order valence-electron chi connectivity index (χ2n) is 8.45. The number of benzene rings is 3. The molecule has 0 aliphatic heterocycles. The smallest absolute Gasteiger partial charge is 0.175 e. The monoisotopic (exact) mass is 534 g/mol. The Balaban J connectivity index is 1.87. The minimum atomic E-state index is -3.34. The lowest BCUT2D eigenvalue weighted by molar-refractivity contribution is 0.0734. The molecule has 5 nitrogen and oxygen atoms in total. The molecule has 0 fully saturated rings. The Labute approximate surface area is 213 Å². The van der Waals surface area contributed by atoms with Crippen LogP contribution in [0.4, 0.5) is 0 Å². The third kappa shape index (κ3) is 4.88. The summed E-state index contributed by atoms with van der Waals surface area (Å²) in [4.78, 5) is 0.227. The summed E-state index contributed by atoms with van der Waals surface area (Å²) in [5.74, 6) is 0. The SMILES string of the molecule is CC(C)(O)c1cc(-c2cccc(Cl)c2Cl)n(-c2ccc(-c3cccc(S(C)(=O)=O)c3)cc2Cl)n1. The molecule has 9 heteroatoms. The van der Waals surface area contributed by atoms with Gasteiger partial charge in [0.1, 0.15) is 5.60 Å². The summed E-state index contributed by atoms with van der Waals surface area (Å²) < 4.78 is 25.5. The van der Waals surface area contributed by atoms with E-state index in [4.69, 9.17) is 34.8 Å². The van der Waals surface area contributed by atoms with Crippen LogP contribution in [0.25, 0.3) is 28.1 Å². The summed E-state index contributed by atoms with van der Waals surface area (Å²) in [6.45, 7) is 3.28. The standard InChI is InChI=1S/C25H21Cl3N2O3S/c1-25(2,31)23-14-22(18-8-5-9-19(26)24(18)28)30(29-23)21-11-10-16(13-20(21)27)15-6-4-7-17(12-15)34(3,32)33/h4-14,31H,1-3H3. The van der Waals surface area contributed by atoms with Gasteiger partial charge in [-0.25, -0.2) is 13.1 Å². The maximum Gasteiger partial charge on any atom is 0.175 e. The molecular formula is C25H21Cl3N2O3S. The highest BCUT2D eigenvalue weighted by atomic mass is 35.5. The number of sulfone groups is 1. The van der Waals surface area contributed by atoms with Gasteiger partial charge in [-0.1, -0.05) is 65.1 Å². The zero-order valence-corrected chi connectivity index (χ0v) is 21.6. The van der Waals surface area contributed by atoms with Crippen molar-refractivity contribution >= 4 is 44.6 Å². The average Bonchev–Trinajstić information content (AvgIpc) is 3.20. The Hall–Kier alpha value is -2.35. The highest BCUT2D eigenvalue weighted by Gasteiger charge is 2.25. The molecule has 0 aliphatic rings. The molecule has 4 aromatic rings. The quantitative estimate of drug-likeness (QED) is 0.305. The third-order valence-corrected chi connectivity index (χ3v) is 7.57. The van der Waals surface area contributed by atoms with Gasteiger partial charge in [0, 0.05) is 11.8 Å². The van der Waals surface area contributed by atoms with Gasteiger partial charge in [0.15, 0.2) is 9.84 Å². The molecule has 0 radical (unpaired) electrons. The lowest BCUT2D eigenvalue weighted by atomic mass is 10.0. The van der Waals surface area contributed by atoms with Crippen molar-refractivity contribution in [3.05, 3.63) is 87.5 Å². The molecule has 176 valence electrons. The first-order valence-corrected chi connectivity index (χ1v) is 13.3. The third-order valence-electron chi connectivity index (χ3n) is 5.34. The Bertz CT molecular complexity index is 1510. The molecule has 0 saturated carbocycles. The Morgan fingerprint density at radius 1 is 0.882 bits per heavy atom. The predicted molar refractivity (Wildman–Crippen MR) is 138 cm³/mol. The molecular weight excluding hydrogens is 515 g/mol.